The van der Waals surface area contributed by atoms with Gasteiger partial charge in [-0.05, 0) is 42.5 Å². The quantitative estimate of drug-likeness (QED) is 0.830. The second-order valence-electron chi connectivity index (χ2n) is 4.55. The lowest BCUT2D eigenvalue weighted by Crippen LogP contribution is -2.14. The Morgan fingerprint density at radius 3 is 2.38 bits per heavy atom. The third-order valence-electron chi connectivity index (χ3n) is 2.80. The van der Waals surface area contributed by atoms with Crippen molar-refractivity contribution in [3.05, 3.63) is 59.1 Å². The van der Waals surface area contributed by atoms with Crippen molar-refractivity contribution in [2.75, 3.05) is 17.2 Å². The molecule has 0 aliphatic heterocycles. The molecule has 0 aromatic heterocycles. The molecule has 4 nitrogen and oxygen atoms in total. The summed E-state index contributed by atoms with van der Waals surface area (Å²) in [4.78, 5) is 23.0. The molecule has 2 aromatic carbocycles. The molecule has 21 heavy (non-hydrogen) atoms. The van der Waals surface area contributed by atoms with E-state index in [2.05, 4.69) is 10.6 Å². The highest BCUT2D eigenvalue weighted by Gasteiger charge is 2.06. The van der Waals surface area contributed by atoms with Gasteiger partial charge in [-0.15, -0.1) is 0 Å². The van der Waals surface area contributed by atoms with Gasteiger partial charge in [0.25, 0.3) is 0 Å². The summed E-state index contributed by atoms with van der Waals surface area (Å²) in [5.41, 5.74) is 2.05. The number of anilines is 2. The molecule has 1 amide bonds. The summed E-state index contributed by atoms with van der Waals surface area (Å²) in [6.45, 7) is 1.62. The highest BCUT2D eigenvalue weighted by Crippen LogP contribution is 2.15. The van der Waals surface area contributed by atoms with Crippen molar-refractivity contribution in [3.8, 4) is 0 Å². The third kappa shape index (κ3) is 4.61. The van der Waals surface area contributed by atoms with Gasteiger partial charge >= 0.3 is 0 Å². The maximum Gasteiger partial charge on any atom is 0.221 e. The van der Waals surface area contributed by atoms with Gasteiger partial charge in [0.1, 0.15) is 0 Å². The van der Waals surface area contributed by atoms with Gasteiger partial charge in [0, 0.05) is 28.9 Å². The molecule has 0 saturated carbocycles. The number of rotatable bonds is 5. The van der Waals surface area contributed by atoms with Gasteiger partial charge in [-0.25, -0.2) is 0 Å². The first kappa shape index (κ1) is 15.1. The molecular formula is C16H15ClN2O2. The van der Waals surface area contributed by atoms with Gasteiger partial charge in [-0.3, -0.25) is 9.59 Å². The lowest BCUT2D eigenvalue weighted by molar-refractivity contribution is -0.114. The maximum atomic E-state index is 12.1. The second-order valence-corrected chi connectivity index (χ2v) is 4.98. The molecule has 0 atom stereocenters. The Balaban J connectivity index is 1.95. The van der Waals surface area contributed by atoms with Crippen molar-refractivity contribution in [3.63, 3.8) is 0 Å². The molecule has 0 heterocycles. The molecule has 2 N–H and O–H groups in total. The molecule has 0 fully saturated rings. The monoisotopic (exact) mass is 302 g/mol. The zero-order chi connectivity index (χ0) is 15.2. The van der Waals surface area contributed by atoms with Crippen LogP contribution in [0.25, 0.3) is 0 Å². The average molecular weight is 303 g/mol. The van der Waals surface area contributed by atoms with E-state index in [1.165, 1.54) is 6.92 Å². The van der Waals surface area contributed by atoms with E-state index in [0.29, 0.717) is 16.3 Å². The summed E-state index contributed by atoms with van der Waals surface area (Å²) < 4.78 is 0. The number of hydrogen-bond acceptors (Lipinski definition) is 3. The Kier molecular flexibility index (Phi) is 4.95. The summed E-state index contributed by atoms with van der Waals surface area (Å²) in [6, 6.07) is 14.0. The predicted octanol–water partition coefficient (Wildman–Crippen LogP) is 3.59. The van der Waals surface area contributed by atoms with Gasteiger partial charge in [0.05, 0.1) is 6.54 Å². The van der Waals surface area contributed by atoms with E-state index in [1.54, 1.807) is 36.4 Å². The Bertz CT molecular complexity index is 654. The first-order valence-electron chi connectivity index (χ1n) is 6.45. The first-order valence-corrected chi connectivity index (χ1v) is 6.83. The fourth-order valence-electron chi connectivity index (χ4n) is 1.83. The molecule has 0 radical (unpaired) electrons. The van der Waals surface area contributed by atoms with Crippen molar-refractivity contribution in [1.29, 1.82) is 0 Å². The van der Waals surface area contributed by atoms with Crippen molar-refractivity contribution in [2.45, 2.75) is 6.92 Å². The van der Waals surface area contributed by atoms with Gasteiger partial charge in [-0.1, -0.05) is 17.7 Å². The van der Waals surface area contributed by atoms with Crippen molar-refractivity contribution >= 4 is 34.7 Å². The Labute approximate surface area is 128 Å². The topological polar surface area (TPSA) is 58.2 Å². The van der Waals surface area contributed by atoms with Gasteiger partial charge in [0.15, 0.2) is 5.78 Å². The molecule has 0 saturated heterocycles. The number of Topliss-reactive ketones (excluding diaryl/α,β-unsaturated/α-hetero) is 1. The van der Waals surface area contributed by atoms with Gasteiger partial charge in [-0.2, -0.15) is 0 Å². The Morgan fingerprint density at radius 1 is 1.05 bits per heavy atom. The highest BCUT2D eigenvalue weighted by atomic mass is 35.5. The highest BCUT2D eigenvalue weighted by molar-refractivity contribution is 6.30. The molecule has 0 aliphatic carbocycles. The van der Waals surface area contributed by atoms with Crippen LogP contribution in [0.2, 0.25) is 5.02 Å². The molecule has 0 spiro atoms. The van der Waals surface area contributed by atoms with Crippen LogP contribution in [0.4, 0.5) is 11.4 Å². The minimum Gasteiger partial charge on any atom is -0.378 e. The largest absolute Gasteiger partial charge is 0.378 e. The fourth-order valence-corrected chi connectivity index (χ4v) is 2.02. The van der Waals surface area contributed by atoms with E-state index < -0.39 is 0 Å². The van der Waals surface area contributed by atoms with Crippen LogP contribution in [0.1, 0.15) is 17.3 Å². The minimum absolute atomic E-state index is 0.0376. The Morgan fingerprint density at radius 2 is 1.76 bits per heavy atom. The number of benzene rings is 2. The number of carbonyl (C=O) groups excluding carboxylic acids is 2. The molecule has 0 aliphatic rings. The molecule has 0 bridgehead atoms. The van der Waals surface area contributed by atoms with Crippen LogP contribution in [0.3, 0.4) is 0 Å². The average Bonchev–Trinajstić information content (AvgIpc) is 2.45. The summed E-state index contributed by atoms with van der Waals surface area (Å²) in [5.74, 6) is -0.180. The number of halogens is 1. The lowest BCUT2D eigenvalue weighted by Gasteiger charge is -2.07. The number of carbonyl (C=O) groups is 2. The van der Waals surface area contributed by atoms with Crippen LogP contribution in [0.15, 0.2) is 48.5 Å². The maximum absolute atomic E-state index is 12.1. The van der Waals surface area contributed by atoms with Crippen LogP contribution in [0.5, 0.6) is 0 Å². The molecule has 0 unspecified atom stereocenters. The van der Waals surface area contributed by atoms with Gasteiger partial charge in [0.2, 0.25) is 5.91 Å². The van der Waals surface area contributed by atoms with E-state index in [1.807, 2.05) is 12.1 Å². The molecule has 5 heteroatoms. The lowest BCUT2D eigenvalue weighted by atomic mass is 10.1. The van der Waals surface area contributed by atoms with E-state index in [0.717, 1.165) is 5.69 Å². The normalized spacial score (nSPS) is 10.0. The summed E-state index contributed by atoms with van der Waals surface area (Å²) in [5, 5.41) is 6.30. The Hall–Kier alpha value is -2.33. The number of ketones is 1. The SMILES string of the molecule is CC(=O)Nc1ccc(C(=O)CNc2cccc(Cl)c2)cc1. The first-order chi connectivity index (χ1) is 10.0. The van der Waals surface area contributed by atoms with Gasteiger partial charge < -0.3 is 10.6 Å². The summed E-state index contributed by atoms with van der Waals surface area (Å²) in [7, 11) is 0. The van der Waals surface area contributed by atoms with E-state index in [4.69, 9.17) is 11.6 Å². The van der Waals surface area contributed by atoms with Crippen molar-refractivity contribution < 1.29 is 9.59 Å². The van der Waals surface area contributed by atoms with E-state index in [-0.39, 0.29) is 18.2 Å². The number of amides is 1. The van der Waals surface area contributed by atoms with Crippen LogP contribution < -0.4 is 10.6 Å². The second kappa shape index (κ2) is 6.90. The van der Waals surface area contributed by atoms with Crippen LogP contribution in [-0.4, -0.2) is 18.2 Å². The smallest absolute Gasteiger partial charge is 0.221 e. The number of nitrogens with one attached hydrogen (secondary N) is 2. The standard InChI is InChI=1S/C16H15ClN2O2/c1-11(20)19-14-7-5-12(6-8-14)16(21)10-18-15-4-2-3-13(17)9-15/h2-9,18H,10H2,1H3,(H,19,20). The van der Waals surface area contributed by atoms with Crippen molar-refractivity contribution in [1.82, 2.24) is 0 Å². The fraction of sp³-hybridized carbons (Fsp3) is 0.125. The molecule has 2 aromatic rings. The van der Waals surface area contributed by atoms with Crippen molar-refractivity contribution in [2.24, 2.45) is 0 Å². The van der Waals surface area contributed by atoms with E-state index >= 15 is 0 Å². The minimum atomic E-state index is -0.142. The number of hydrogen-bond donors (Lipinski definition) is 2. The molecular weight excluding hydrogens is 288 g/mol. The van der Waals surface area contributed by atoms with Crippen LogP contribution in [0, 0.1) is 0 Å². The summed E-state index contributed by atoms with van der Waals surface area (Å²) >= 11 is 5.88. The predicted molar refractivity (Wildman–Crippen MR) is 85.0 cm³/mol. The van der Waals surface area contributed by atoms with Crippen LogP contribution in [-0.2, 0) is 4.79 Å². The molecule has 2 rings (SSSR count). The zero-order valence-corrected chi connectivity index (χ0v) is 12.3. The molecule has 108 valence electrons. The third-order valence-corrected chi connectivity index (χ3v) is 3.04. The van der Waals surface area contributed by atoms with E-state index in [9.17, 15) is 9.59 Å². The zero-order valence-electron chi connectivity index (χ0n) is 11.5. The summed E-state index contributed by atoms with van der Waals surface area (Å²) in [6.07, 6.45) is 0. The van der Waals surface area contributed by atoms with Crippen LogP contribution >= 0.6 is 11.6 Å².